The number of aryl methyl sites for hydroxylation is 1. The van der Waals surface area contributed by atoms with Crippen molar-refractivity contribution in [3.63, 3.8) is 0 Å². The minimum absolute atomic E-state index is 0.353. The third-order valence-electron chi connectivity index (χ3n) is 4.56. The SMILES string of the molecule is Cc1ccc(Nc2nc[n+](N(CC(C)O)CC(C)O)c(Cc3ccccc3)n2)cc1. The first kappa shape index (κ1) is 21.7. The molecule has 30 heavy (non-hydrogen) atoms. The molecule has 0 aliphatic carbocycles. The molecule has 2 unspecified atom stereocenters. The van der Waals surface area contributed by atoms with Crippen molar-refractivity contribution in [2.75, 3.05) is 23.4 Å². The quantitative estimate of drug-likeness (QED) is 0.470. The van der Waals surface area contributed by atoms with Gasteiger partial charge in [-0.1, -0.05) is 58.0 Å². The monoisotopic (exact) mass is 408 g/mol. The molecule has 0 spiro atoms. The van der Waals surface area contributed by atoms with Gasteiger partial charge >= 0.3 is 5.95 Å². The van der Waals surface area contributed by atoms with Gasteiger partial charge < -0.3 is 10.2 Å². The molecule has 0 bridgehead atoms. The fourth-order valence-electron chi connectivity index (χ4n) is 3.20. The highest BCUT2D eigenvalue weighted by Gasteiger charge is 2.23. The van der Waals surface area contributed by atoms with Crippen LogP contribution in [0.1, 0.15) is 30.8 Å². The molecular weight excluding hydrogens is 378 g/mol. The van der Waals surface area contributed by atoms with Crippen molar-refractivity contribution in [3.05, 3.63) is 77.9 Å². The normalized spacial score (nSPS) is 13.0. The average molecular weight is 409 g/mol. The summed E-state index contributed by atoms with van der Waals surface area (Å²) in [6, 6.07) is 18.1. The fourth-order valence-corrected chi connectivity index (χ4v) is 3.20. The van der Waals surface area contributed by atoms with Crippen LogP contribution < -0.4 is 15.0 Å². The van der Waals surface area contributed by atoms with Crippen molar-refractivity contribution in [2.24, 2.45) is 0 Å². The number of aliphatic hydroxyl groups excluding tert-OH is 2. The van der Waals surface area contributed by atoms with Gasteiger partial charge in [0.2, 0.25) is 0 Å². The predicted octanol–water partition coefficient (Wildman–Crippen LogP) is 2.11. The first-order valence-corrected chi connectivity index (χ1v) is 10.2. The number of nitrogens with one attached hydrogen (secondary N) is 1. The Kier molecular flexibility index (Phi) is 7.32. The van der Waals surface area contributed by atoms with Gasteiger partial charge in [-0.15, -0.1) is 4.68 Å². The standard InChI is InChI=1S/C23H29N5O2/c1-17-9-11-21(12-10-17)25-23-24-16-28(27(14-18(2)29)15-19(3)30)22(26-23)13-20-7-5-4-6-8-20/h4-12,16,18-19,29-30H,13-15H2,1-3H3/p+1. The van der Waals surface area contributed by atoms with Crippen LogP contribution in [-0.4, -0.2) is 45.5 Å². The van der Waals surface area contributed by atoms with Crippen LogP contribution in [-0.2, 0) is 6.42 Å². The van der Waals surface area contributed by atoms with Crippen LogP contribution in [0.3, 0.4) is 0 Å². The third-order valence-corrected chi connectivity index (χ3v) is 4.56. The molecule has 0 amide bonds. The van der Waals surface area contributed by atoms with Gasteiger partial charge in [0.15, 0.2) is 0 Å². The highest BCUT2D eigenvalue weighted by atomic mass is 16.3. The zero-order valence-corrected chi connectivity index (χ0v) is 17.7. The number of benzene rings is 2. The molecule has 3 aromatic rings. The van der Waals surface area contributed by atoms with Gasteiger partial charge in [0.05, 0.1) is 31.7 Å². The van der Waals surface area contributed by atoms with Crippen LogP contribution in [0.15, 0.2) is 60.9 Å². The molecule has 0 saturated heterocycles. The van der Waals surface area contributed by atoms with E-state index < -0.39 is 12.2 Å². The third kappa shape index (κ3) is 6.23. The molecule has 0 radical (unpaired) electrons. The maximum atomic E-state index is 9.96. The van der Waals surface area contributed by atoms with E-state index in [1.807, 2.05) is 71.2 Å². The minimum atomic E-state index is -0.564. The van der Waals surface area contributed by atoms with E-state index in [1.54, 1.807) is 20.2 Å². The first-order chi connectivity index (χ1) is 14.4. The number of anilines is 2. The molecule has 1 heterocycles. The van der Waals surface area contributed by atoms with Crippen LogP contribution in [0.5, 0.6) is 0 Å². The molecule has 7 heteroatoms. The van der Waals surface area contributed by atoms with E-state index in [0.717, 1.165) is 17.1 Å². The van der Waals surface area contributed by atoms with Crippen LogP contribution in [0.2, 0.25) is 0 Å². The van der Waals surface area contributed by atoms with E-state index in [1.165, 1.54) is 5.56 Å². The first-order valence-electron chi connectivity index (χ1n) is 10.2. The molecule has 3 N–H and O–H groups in total. The largest absolute Gasteiger partial charge is 0.391 e. The molecule has 0 aliphatic rings. The van der Waals surface area contributed by atoms with E-state index >= 15 is 0 Å². The van der Waals surface area contributed by atoms with Gasteiger partial charge in [-0.3, -0.25) is 10.3 Å². The summed E-state index contributed by atoms with van der Waals surface area (Å²) < 4.78 is 1.83. The zero-order chi connectivity index (χ0) is 21.5. The Hall–Kier alpha value is -3.03. The second-order valence-corrected chi connectivity index (χ2v) is 7.66. The fraction of sp³-hybridized carbons (Fsp3) is 0.348. The molecular formula is C23H30N5O2+. The molecule has 0 fully saturated rings. The Morgan fingerprint density at radius 1 is 0.967 bits per heavy atom. The summed E-state index contributed by atoms with van der Waals surface area (Å²) in [4.78, 5) is 9.23. The van der Waals surface area contributed by atoms with Gasteiger partial charge in [-0.25, -0.2) is 0 Å². The molecule has 158 valence electrons. The Balaban J connectivity index is 1.96. The highest BCUT2D eigenvalue weighted by molar-refractivity contribution is 5.53. The summed E-state index contributed by atoms with van der Waals surface area (Å²) in [6.07, 6.45) is 1.14. The average Bonchev–Trinajstić information content (AvgIpc) is 2.70. The lowest BCUT2D eigenvalue weighted by molar-refractivity contribution is -0.707. The maximum absolute atomic E-state index is 9.96. The van der Waals surface area contributed by atoms with Crippen molar-refractivity contribution in [1.82, 2.24) is 9.97 Å². The van der Waals surface area contributed by atoms with Gasteiger partial charge in [0.1, 0.15) is 0 Å². The van der Waals surface area contributed by atoms with Crippen molar-refractivity contribution >= 4 is 11.6 Å². The zero-order valence-electron chi connectivity index (χ0n) is 17.7. The van der Waals surface area contributed by atoms with E-state index in [9.17, 15) is 10.2 Å². The molecule has 2 atom stereocenters. The van der Waals surface area contributed by atoms with Gasteiger partial charge in [0.25, 0.3) is 12.2 Å². The lowest BCUT2D eigenvalue weighted by atomic mass is 10.1. The van der Waals surface area contributed by atoms with E-state index in [0.29, 0.717) is 25.5 Å². The van der Waals surface area contributed by atoms with E-state index in [2.05, 4.69) is 10.3 Å². The van der Waals surface area contributed by atoms with Crippen LogP contribution >= 0.6 is 0 Å². The van der Waals surface area contributed by atoms with Crippen LogP contribution in [0, 0.1) is 6.92 Å². The topological polar surface area (TPSA) is 85.4 Å². The second-order valence-electron chi connectivity index (χ2n) is 7.66. The summed E-state index contributed by atoms with van der Waals surface area (Å²) in [6.45, 7) is 6.20. The molecule has 3 rings (SSSR count). The summed E-state index contributed by atoms with van der Waals surface area (Å²) in [5.74, 6) is 1.25. The minimum Gasteiger partial charge on any atom is -0.391 e. The number of aromatic nitrogens is 3. The Bertz CT molecular complexity index is 920. The summed E-state index contributed by atoms with van der Waals surface area (Å²) >= 11 is 0. The number of nitrogens with zero attached hydrogens (tertiary/aromatic N) is 4. The van der Waals surface area contributed by atoms with Gasteiger partial charge in [-0.05, 0) is 38.5 Å². The molecule has 0 aliphatic heterocycles. The van der Waals surface area contributed by atoms with Crippen molar-refractivity contribution in [1.29, 1.82) is 0 Å². The van der Waals surface area contributed by atoms with E-state index in [-0.39, 0.29) is 0 Å². The number of aliphatic hydroxyl groups is 2. The summed E-state index contributed by atoms with van der Waals surface area (Å²) in [5.41, 5.74) is 3.21. The molecule has 0 saturated carbocycles. The van der Waals surface area contributed by atoms with Crippen molar-refractivity contribution < 1.29 is 14.9 Å². The molecule has 7 nitrogen and oxygen atoms in total. The van der Waals surface area contributed by atoms with Crippen molar-refractivity contribution in [2.45, 2.75) is 39.4 Å². The Morgan fingerprint density at radius 3 is 2.20 bits per heavy atom. The highest BCUT2D eigenvalue weighted by Crippen LogP contribution is 2.14. The number of hydrogen-bond acceptors (Lipinski definition) is 6. The Labute approximate surface area is 177 Å². The predicted molar refractivity (Wildman–Crippen MR) is 117 cm³/mol. The maximum Gasteiger partial charge on any atom is 0.379 e. The lowest BCUT2D eigenvalue weighted by Crippen LogP contribution is -2.64. The number of hydrogen-bond donors (Lipinski definition) is 3. The van der Waals surface area contributed by atoms with Gasteiger partial charge in [-0.2, -0.15) is 0 Å². The second kappa shape index (κ2) is 10.1. The van der Waals surface area contributed by atoms with Crippen molar-refractivity contribution in [3.8, 4) is 0 Å². The lowest BCUT2D eigenvalue weighted by Gasteiger charge is -2.26. The Morgan fingerprint density at radius 2 is 1.60 bits per heavy atom. The van der Waals surface area contributed by atoms with Gasteiger partial charge in [0, 0.05) is 5.69 Å². The van der Waals surface area contributed by atoms with Crippen LogP contribution in [0.25, 0.3) is 0 Å². The number of rotatable bonds is 9. The van der Waals surface area contributed by atoms with Crippen LogP contribution in [0.4, 0.5) is 11.6 Å². The summed E-state index contributed by atoms with van der Waals surface area (Å²) in [5, 5.41) is 25.0. The molecule has 2 aromatic carbocycles. The smallest absolute Gasteiger partial charge is 0.379 e. The summed E-state index contributed by atoms with van der Waals surface area (Å²) in [7, 11) is 0. The van der Waals surface area contributed by atoms with E-state index in [4.69, 9.17) is 4.98 Å². The molecule has 1 aromatic heterocycles.